The van der Waals surface area contributed by atoms with Crippen LogP contribution in [0.15, 0.2) is 42.2 Å². The van der Waals surface area contributed by atoms with Crippen LogP contribution in [0.2, 0.25) is 0 Å². The third kappa shape index (κ3) is 4.81. The summed E-state index contributed by atoms with van der Waals surface area (Å²) in [7, 11) is 2.01. The van der Waals surface area contributed by atoms with Crippen LogP contribution in [-0.4, -0.2) is 108 Å². The molecule has 1 aromatic carbocycles. The number of nitrogens with zero attached hydrogens (tertiary/aromatic N) is 3. The molecule has 8 rings (SSSR count). The van der Waals surface area contributed by atoms with E-state index in [1.54, 1.807) is 4.90 Å². The molecule has 9 heteroatoms. The first kappa shape index (κ1) is 28.7. The van der Waals surface area contributed by atoms with E-state index in [2.05, 4.69) is 39.2 Å². The summed E-state index contributed by atoms with van der Waals surface area (Å²) < 4.78 is 29.0. The summed E-state index contributed by atoms with van der Waals surface area (Å²) in [6.45, 7) is 2.60. The zero-order valence-corrected chi connectivity index (χ0v) is 25.7. The molecule has 2 saturated heterocycles. The third-order valence-electron chi connectivity index (χ3n) is 11.9. The molecule has 9 atom stereocenters. The van der Waals surface area contributed by atoms with Crippen LogP contribution in [-0.2, 0) is 25.5 Å². The molecule has 0 spiro atoms. The number of para-hydroxylation sites is 1. The summed E-state index contributed by atoms with van der Waals surface area (Å²) in [6, 6.07) is 7.70. The van der Waals surface area contributed by atoms with Crippen LogP contribution < -0.4 is 0 Å². The fourth-order valence-electron chi connectivity index (χ4n) is 9.67. The molecule has 1 aromatic heterocycles. The largest absolute Gasteiger partial charge is 0.378 e. The van der Waals surface area contributed by atoms with Gasteiger partial charge in [0.25, 0.3) is 5.91 Å². The highest BCUT2D eigenvalue weighted by Gasteiger charge is 2.60. The standard InChI is InChI=1S/C35H45FN4O4/c1-38(11-10-23-19-37-28-9-5-4-8-24(23)28)32-27(36)18-25-31-34(32)44-30-17-22-7-3-2-6-21(22)16-29(30)40(31)20-26(33(25)41)35(42)39-12-14-43-15-13-39/h4-5,8-9,19-22,25,27,29-32,34,37H,2-3,6-7,10-18H2,1H3. The Labute approximate surface area is 258 Å². The van der Waals surface area contributed by atoms with Crippen molar-refractivity contribution in [2.45, 2.75) is 87.9 Å². The minimum Gasteiger partial charge on any atom is -0.378 e. The quantitative estimate of drug-likeness (QED) is 0.518. The molecule has 1 N–H and O–H groups in total. The normalized spacial score (nSPS) is 36.9. The number of H-pyrrole nitrogens is 1. The second-order valence-electron chi connectivity index (χ2n) is 14.2. The first-order chi connectivity index (χ1) is 21.5. The Morgan fingerprint density at radius 1 is 1.09 bits per heavy atom. The van der Waals surface area contributed by atoms with Crippen molar-refractivity contribution < 1.29 is 23.5 Å². The lowest BCUT2D eigenvalue weighted by Gasteiger charge is -2.61. The van der Waals surface area contributed by atoms with Crippen LogP contribution in [0.25, 0.3) is 10.9 Å². The van der Waals surface area contributed by atoms with Crippen molar-refractivity contribution in [3.8, 4) is 0 Å². The van der Waals surface area contributed by atoms with E-state index in [0.717, 1.165) is 24.8 Å². The van der Waals surface area contributed by atoms with E-state index in [4.69, 9.17) is 9.47 Å². The molecule has 9 unspecified atom stereocenters. The molecule has 4 heterocycles. The number of Topliss-reactive ketones (excluding diaryl/α,β-unsaturated/α-hetero) is 1. The van der Waals surface area contributed by atoms with Crippen molar-refractivity contribution in [3.63, 3.8) is 0 Å². The number of nitrogens with one attached hydrogen (secondary N) is 1. The van der Waals surface area contributed by atoms with Gasteiger partial charge in [0.05, 0.1) is 49.1 Å². The van der Waals surface area contributed by atoms with Gasteiger partial charge in [-0.05, 0) is 56.2 Å². The highest BCUT2D eigenvalue weighted by Crippen LogP contribution is 2.50. The van der Waals surface area contributed by atoms with Gasteiger partial charge in [-0.3, -0.25) is 14.5 Å². The summed E-state index contributed by atoms with van der Waals surface area (Å²) >= 11 is 0. The summed E-state index contributed by atoms with van der Waals surface area (Å²) in [6.07, 6.45) is 10.2. The lowest BCUT2D eigenvalue weighted by molar-refractivity contribution is -0.219. The molecule has 8 nitrogen and oxygen atoms in total. The van der Waals surface area contributed by atoms with Gasteiger partial charge >= 0.3 is 0 Å². The molecule has 6 aliphatic rings. The number of carbonyl (C=O) groups is 2. The second kappa shape index (κ2) is 11.6. The smallest absolute Gasteiger partial charge is 0.259 e. The summed E-state index contributed by atoms with van der Waals surface area (Å²) in [5, 5.41) is 1.20. The molecule has 1 amide bonds. The Bertz CT molecular complexity index is 1440. The number of rotatable bonds is 5. The van der Waals surface area contributed by atoms with E-state index in [0.29, 0.717) is 44.7 Å². The molecule has 5 fully saturated rings. The Kier molecular flexibility index (Phi) is 7.54. The Balaban J connectivity index is 1.11. The predicted octanol–water partition coefficient (Wildman–Crippen LogP) is 4.10. The number of amides is 1. The zero-order valence-electron chi connectivity index (χ0n) is 25.7. The first-order valence-electron chi connectivity index (χ1n) is 16.9. The van der Waals surface area contributed by atoms with Crippen molar-refractivity contribution in [2.24, 2.45) is 17.8 Å². The molecule has 0 radical (unpaired) electrons. The van der Waals surface area contributed by atoms with Crippen LogP contribution in [0.1, 0.15) is 50.5 Å². The number of fused-ring (bicyclic) bond motifs is 4. The van der Waals surface area contributed by atoms with E-state index < -0.39 is 24.2 Å². The fourth-order valence-corrected chi connectivity index (χ4v) is 9.67. The average Bonchev–Trinajstić information content (AvgIpc) is 3.47. The Morgan fingerprint density at radius 3 is 2.68 bits per heavy atom. The topological polar surface area (TPSA) is 78.1 Å². The van der Waals surface area contributed by atoms with E-state index in [-0.39, 0.29) is 41.9 Å². The molecule has 3 saturated carbocycles. The maximum atomic E-state index is 16.5. The van der Waals surface area contributed by atoms with Gasteiger partial charge in [0.15, 0.2) is 5.78 Å². The number of ether oxygens (including phenoxy) is 2. The molecule has 3 aliphatic heterocycles. The Morgan fingerprint density at radius 2 is 1.86 bits per heavy atom. The van der Waals surface area contributed by atoms with E-state index in [1.165, 1.54) is 36.6 Å². The molecule has 236 valence electrons. The highest BCUT2D eigenvalue weighted by atomic mass is 19.1. The van der Waals surface area contributed by atoms with Gasteiger partial charge in [-0.2, -0.15) is 0 Å². The van der Waals surface area contributed by atoms with Crippen LogP contribution in [0.5, 0.6) is 0 Å². The fraction of sp³-hybridized carbons (Fsp3) is 0.657. The van der Waals surface area contributed by atoms with Crippen molar-refractivity contribution in [3.05, 3.63) is 47.8 Å². The van der Waals surface area contributed by atoms with Crippen LogP contribution in [0.4, 0.5) is 4.39 Å². The molecule has 2 aromatic rings. The van der Waals surface area contributed by atoms with Crippen molar-refractivity contribution in [1.82, 2.24) is 19.7 Å². The maximum absolute atomic E-state index is 16.5. The van der Waals surface area contributed by atoms with E-state index >= 15 is 4.39 Å². The van der Waals surface area contributed by atoms with E-state index in [1.807, 2.05) is 19.3 Å². The number of halogens is 1. The minimum atomic E-state index is -1.22. The Hall–Kier alpha value is -2.75. The van der Waals surface area contributed by atoms with Crippen LogP contribution in [0.3, 0.4) is 0 Å². The number of carbonyl (C=O) groups excluding carboxylic acids is 2. The minimum absolute atomic E-state index is 0.0183. The molecule has 3 aliphatic carbocycles. The second-order valence-corrected chi connectivity index (χ2v) is 14.2. The summed E-state index contributed by atoms with van der Waals surface area (Å²) in [4.78, 5) is 37.4. The molecular weight excluding hydrogens is 559 g/mol. The van der Waals surface area contributed by atoms with Crippen molar-refractivity contribution in [2.75, 3.05) is 39.9 Å². The number of hydrogen-bond donors (Lipinski definition) is 1. The monoisotopic (exact) mass is 604 g/mol. The lowest BCUT2D eigenvalue weighted by atomic mass is 9.64. The molecular formula is C35H45FN4O4. The van der Waals surface area contributed by atoms with Crippen LogP contribution in [0, 0.1) is 17.8 Å². The van der Waals surface area contributed by atoms with E-state index in [9.17, 15) is 9.59 Å². The number of alkyl halides is 1. The lowest BCUT2D eigenvalue weighted by Crippen LogP contribution is -2.73. The van der Waals surface area contributed by atoms with Crippen LogP contribution >= 0.6 is 0 Å². The number of likely N-dealkylation sites (N-methyl/N-ethyl adjacent to an activating group) is 1. The van der Waals surface area contributed by atoms with Gasteiger partial charge in [-0.1, -0.05) is 43.9 Å². The van der Waals surface area contributed by atoms with Gasteiger partial charge in [-0.15, -0.1) is 0 Å². The van der Waals surface area contributed by atoms with Gasteiger partial charge in [0.2, 0.25) is 0 Å². The number of morpholine rings is 2. The highest BCUT2D eigenvalue weighted by molar-refractivity contribution is 6.20. The predicted molar refractivity (Wildman–Crippen MR) is 165 cm³/mol. The average molecular weight is 605 g/mol. The third-order valence-corrected chi connectivity index (χ3v) is 11.9. The zero-order chi connectivity index (χ0) is 29.9. The van der Waals surface area contributed by atoms with Gasteiger partial charge < -0.3 is 24.3 Å². The number of aromatic amines is 1. The number of benzene rings is 1. The summed E-state index contributed by atoms with van der Waals surface area (Å²) in [5.41, 5.74) is 2.57. The van der Waals surface area contributed by atoms with Gasteiger partial charge in [-0.25, -0.2) is 4.39 Å². The molecule has 44 heavy (non-hydrogen) atoms. The van der Waals surface area contributed by atoms with Crippen molar-refractivity contribution >= 4 is 22.6 Å². The number of ketones is 1. The maximum Gasteiger partial charge on any atom is 0.259 e. The number of aromatic nitrogens is 1. The number of hydrogen-bond acceptors (Lipinski definition) is 6. The SMILES string of the molecule is CN(CCc1c[nH]c2ccccc12)C1C(F)CC2C(=O)C(C(=O)N3CCOCC3)=CN3C4CC5CCCCC5CC4OC1C23. The summed E-state index contributed by atoms with van der Waals surface area (Å²) in [5.74, 6) is 0.285. The molecule has 0 bridgehead atoms. The first-order valence-corrected chi connectivity index (χ1v) is 16.9. The van der Waals surface area contributed by atoms with Gasteiger partial charge in [0, 0.05) is 48.9 Å². The van der Waals surface area contributed by atoms with Gasteiger partial charge in [0.1, 0.15) is 6.17 Å². The van der Waals surface area contributed by atoms with Crippen molar-refractivity contribution in [1.29, 1.82) is 0 Å².